The molecule has 1 saturated heterocycles. The summed E-state index contributed by atoms with van der Waals surface area (Å²) in [6, 6.07) is 13.4. The van der Waals surface area contributed by atoms with Crippen LogP contribution in [0.3, 0.4) is 0 Å². The lowest BCUT2D eigenvalue weighted by molar-refractivity contribution is 0.0991. The van der Waals surface area contributed by atoms with E-state index in [1.165, 1.54) is 31.0 Å². The lowest BCUT2D eigenvalue weighted by atomic mass is 10.2. The molecule has 1 N–H and O–H groups in total. The minimum Gasteiger partial charge on any atom is -0.412 e. The quantitative estimate of drug-likeness (QED) is 0.775. The summed E-state index contributed by atoms with van der Waals surface area (Å²) in [5, 5.41) is 10.3. The second-order valence-electron chi connectivity index (χ2n) is 6.12. The first-order chi connectivity index (χ1) is 12.7. The number of aromatic nitrogens is 2. The highest BCUT2D eigenvalue weighted by atomic mass is 19.1. The van der Waals surface area contributed by atoms with Crippen LogP contribution >= 0.6 is 0 Å². The normalized spacial score (nSPS) is 13.8. The van der Waals surface area contributed by atoms with Gasteiger partial charge in [0.05, 0.1) is 0 Å². The topological polar surface area (TPSA) is 71.3 Å². The Hall–Kier alpha value is -3.22. The highest BCUT2D eigenvalue weighted by Crippen LogP contribution is 2.23. The van der Waals surface area contributed by atoms with Gasteiger partial charge in [0.25, 0.3) is 0 Å². The molecule has 1 aromatic heterocycles. The number of rotatable bonds is 4. The van der Waals surface area contributed by atoms with E-state index in [-0.39, 0.29) is 11.8 Å². The minimum absolute atomic E-state index is 0.0963. The van der Waals surface area contributed by atoms with Crippen molar-refractivity contribution in [1.82, 2.24) is 10.2 Å². The summed E-state index contributed by atoms with van der Waals surface area (Å²) in [7, 11) is 0. The van der Waals surface area contributed by atoms with Gasteiger partial charge in [-0.15, -0.1) is 10.2 Å². The van der Waals surface area contributed by atoms with Gasteiger partial charge in [0.2, 0.25) is 5.89 Å². The smallest absolute Gasteiger partial charge is 0.313 e. The van der Waals surface area contributed by atoms with Crippen molar-refractivity contribution in [1.29, 1.82) is 0 Å². The van der Waals surface area contributed by atoms with E-state index in [1.54, 1.807) is 6.07 Å². The first kappa shape index (κ1) is 16.3. The Balaban J connectivity index is 1.45. The van der Waals surface area contributed by atoms with Crippen LogP contribution in [0.1, 0.15) is 23.5 Å². The number of carbonyl (C=O) groups is 1. The van der Waals surface area contributed by atoms with Gasteiger partial charge in [-0.05, 0) is 55.3 Å². The fourth-order valence-electron chi connectivity index (χ4n) is 2.97. The van der Waals surface area contributed by atoms with E-state index in [4.69, 9.17) is 4.42 Å². The third kappa shape index (κ3) is 3.42. The Morgan fingerprint density at radius 2 is 1.85 bits per heavy atom. The fraction of sp³-hybridized carbons (Fsp3) is 0.211. The summed E-state index contributed by atoms with van der Waals surface area (Å²) in [5.74, 6) is -0.995. The zero-order chi connectivity index (χ0) is 17.9. The lowest BCUT2D eigenvalue weighted by Crippen LogP contribution is -2.17. The van der Waals surface area contributed by atoms with Crippen LogP contribution in [0, 0.1) is 5.82 Å². The van der Waals surface area contributed by atoms with Gasteiger partial charge >= 0.3 is 11.8 Å². The van der Waals surface area contributed by atoms with Gasteiger partial charge < -0.3 is 14.6 Å². The monoisotopic (exact) mass is 352 g/mol. The summed E-state index contributed by atoms with van der Waals surface area (Å²) in [6.07, 6.45) is 2.42. The molecule has 1 fully saturated rings. The molecule has 1 aliphatic rings. The number of anilines is 2. The first-order valence-corrected chi connectivity index (χ1v) is 8.45. The van der Waals surface area contributed by atoms with E-state index >= 15 is 0 Å². The van der Waals surface area contributed by atoms with Gasteiger partial charge in [-0.25, -0.2) is 4.39 Å². The molecule has 0 radical (unpaired) electrons. The molecular formula is C19H17FN4O2. The molecule has 0 bridgehead atoms. The van der Waals surface area contributed by atoms with Crippen molar-refractivity contribution in [2.45, 2.75) is 12.8 Å². The van der Waals surface area contributed by atoms with Gasteiger partial charge in [-0.1, -0.05) is 6.07 Å². The minimum atomic E-state index is -0.505. The standard InChI is InChI=1S/C19H17FN4O2/c20-14-5-3-4-13(12-14)18-22-23-19(26-18)17(25)21-15-6-8-16(9-7-15)24-10-1-2-11-24/h3-9,12H,1-2,10-11H2,(H,21,25). The van der Waals surface area contributed by atoms with E-state index in [2.05, 4.69) is 20.4 Å². The van der Waals surface area contributed by atoms with Gasteiger partial charge in [0, 0.05) is 30.0 Å². The van der Waals surface area contributed by atoms with E-state index in [1.807, 2.05) is 24.3 Å². The van der Waals surface area contributed by atoms with Crippen molar-refractivity contribution < 1.29 is 13.6 Å². The number of halogens is 1. The van der Waals surface area contributed by atoms with Crippen LogP contribution in [0.25, 0.3) is 11.5 Å². The molecule has 3 aromatic rings. The fourth-order valence-corrected chi connectivity index (χ4v) is 2.97. The third-order valence-electron chi connectivity index (χ3n) is 4.29. The predicted molar refractivity (Wildman–Crippen MR) is 95.5 cm³/mol. The van der Waals surface area contributed by atoms with E-state index in [9.17, 15) is 9.18 Å². The number of hydrogen-bond donors (Lipinski definition) is 1. The Bertz CT molecular complexity index is 917. The SMILES string of the molecule is O=C(Nc1ccc(N2CCCC2)cc1)c1nnc(-c2cccc(F)c2)o1. The number of nitrogens with one attached hydrogen (secondary N) is 1. The highest BCUT2D eigenvalue weighted by molar-refractivity contribution is 6.01. The number of nitrogens with zero attached hydrogens (tertiary/aromatic N) is 3. The van der Waals surface area contributed by atoms with Crippen LogP contribution in [0.4, 0.5) is 15.8 Å². The molecular weight excluding hydrogens is 335 g/mol. The zero-order valence-electron chi connectivity index (χ0n) is 14.0. The summed E-state index contributed by atoms with van der Waals surface area (Å²) in [5.41, 5.74) is 2.21. The average molecular weight is 352 g/mol. The highest BCUT2D eigenvalue weighted by Gasteiger charge is 2.17. The summed E-state index contributed by atoms with van der Waals surface area (Å²) in [6.45, 7) is 2.13. The Kier molecular flexibility index (Phi) is 4.35. The van der Waals surface area contributed by atoms with Crippen LogP contribution in [-0.4, -0.2) is 29.2 Å². The molecule has 0 aliphatic carbocycles. The molecule has 0 spiro atoms. The molecule has 0 saturated carbocycles. The van der Waals surface area contributed by atoms with Crippen molar-refractivity contribution in [3.05, 3.63) is 60.2 Å². The van der Waals surface area contributed by atoms with Gasteiger partial charge in [-0.2, -0.15) is 0 Å². The maximum Gasteiger partial charge on any atom is 0.313 e. The second-order valence-corrected chi connectivity index (χ2v) is 6.12. The van der Waals surface area contributed by atoms with Crippen LogP contribution in [-0.2, 0) is 0 Å². The predicted octanol–water partition coefficient (Wildman–Crippen LogP) is 3.73. The first-order valence-electron chi connectivity index (χ1n) is 8.45. The van der Waals surface area contributed by atoms with Gasteiger partial charge in [0.1, 0.15) is 5.82 Å². The molecule has 26 heavy (non-hydrogen) atoms. The average Bonchev–Trinajstić information content (AvgIpc) is 3.35. The van der Waals surface area contributed by atoms with Crippen molar-refractivity contribution in [2.24, 2.45) is 0 Å². The molecule has 7 heteroatoms. The Morgan fingerprint density at radius 3 is 2.58 bits per heavy atom. The van der Waals surface area contributed by atoms with Gasteiger partial charge in [0.15, 0.2) is 0 Å². The molecule has 2 aromatic carbocycles. The molecule has 1 amide bonds. The number of hydrogen-bond acceptors (Lipinski definition) is 5. The number of benzene rings is 2. The lowest BCUT2D eigenvalue weighted by Gasteiger charge is -2.17. The van der Waals surface area contributed by atoms with Crippen LogP contribution in [0.15, 0.2) is 52.9 Å². The zero-order valence-corrected chi connectivity index (χ0v) is 14.0. The second kappa shape index (κ2) is 6.95. The summed E-state index contributed by atoms with van der Waals surface area (Å²) < 4.78 is 18.6. The van der Waals surface area contributed by atoms with Crippen LogP contribution < -0.4 is 10.2 Å². The third-order valence-corrected chi connectivity index (χ3v) is 4.29. The number of amides is 1. The molecule has 6 nitrogen and oxygen atoms in total. The van der Waals surface area contributed by atoms with Gasteiger partial charge in [-0.3, -0.25) is 4.79 Å². The van der Waals surface area contributed by atoms with Crippen LogP contribution in [0.5, 0.6) is 0 Å². The molecule has 0 unspecified atom stereocenters. The Morgan fingerprint density at radius 1 is 1.08 bits per heavy atom. The van der Waals surface area contributed by atoms with Crippen molar-refractivity contribution >= 4 is 17.3 Å². The Labute approximate surface area is 149 Å². The molecule has 1 aliphatic heterocycles. The van der Waals surface area contributed by atoms with Crippen LogP contribution in [0.2, 0.25) is 0 Å². The summed E-state index contributed by atoms with van der Waals surface area (Å²) in [4.78, 5) is 14.6. The largest absolute Gasteiger partial charge is 0.412 e. The molecule has 132 valence electrons. The molecule has 2 heterocycles. The van der Waals surface area contributed by atoms with Crippen molar-refractivity contribution in [3.63, 3.8) is 0 Å². The van der Waals surface area contributed by atoms with Crippen molar-refractivity contribution in [2.75, 3.05) is 23.3 Å². The van der Waals surface area contributed by atoms with E-state index < -0.39 is 11.7 Å². The summed E-state index contributed by atoms with van der Waals surface area (Å²) >= 11 is 0. The maximum absolute atomic E-state index is 13.3. The molecule has 0 atom stereocenters. The van der Waals surface area contributed by atoms with Crippen molar-refractivity contribution in [3.8, 4) is 11.5 Å². The van der Waals surface area contributed by atoms with E-state index in [0.717, 1.165) is 18.8 Å². The number of carbonyl (C=O) groups excluding carboxylic acids is 1. The maximum atomic E-state index is 13.3. The molecule has 4 rings (SSSR count). The van der Waals surface area contributed by atoms with E-state index in [0.29, 0.717) is 11.3 Å².